The van der Waals surface area contributed by atoms with Gasteiger partial charge in [0, 0.05) is 31.3 Å². The van der Waals surface area contributed by atoms with E-state index in [1.54, 1.807) is 36.5 Å². The minimum atomic E-state index is -0.367. The van der Waals surface area contributed by atoms with E-state index >= 15 is 0 Å². The zero-order valence-electron chi connectivity index (χ0n) is 18.7. The number of nitrogens with zero attached hydrogens (tertiary/aromatic N) is 3. The molecule has 1 aliphatic heterocycles. The molecule has 33 heavy (non-hydrogen) atoms. The number of carbonyl (C=O) groups excluding carboxylic acids is 1. The van der Waals surface area contributed by atoms with Crippen molar-refractivity contribution < 1.29 is 14.5 Å². The van der Waals surface area contributed by atoms with Crippen molar-refractivity contribution in [3.63, 3.8) is 0 Å². The number of nitro groups is 1. The predicted octanol–water partition coefficient (Wildman–Crippen LogP) is 5.25. The lowest BCUT2D eigenvalue weighted by Gasteiger charge is -2.32. The summed E-state index contributed by atoms with van der Waals surface area (Å²) in [7, 11) is 0. The minimum Gasteiger partial charge on any atom is -0.437 e. The number of nitro benzene ring substituents is 1. The van der Waals surface area contributed by atoms with Gasteiger partial charge in [0.1, 0.15) is 17.1 Å². The van der Waals surface area contributed by atoms with Crippen LogP contribution in [0.25, 0.3) is 0 Å². The van der Waals surface area contributed by atoms with Gasteiger partial charge in [0.05, 0.1) is 4.92 Å². The van der Waals surface area contributed by atoms with E-state index in [0.717, 1.165) is 11.1 Å². The third kappa shape index (κ3) is 4.95. The van der Waals surface area contributed by atoms with E-state index in [0.29, 0.717) is 48.9 Å². The van der Waals surface area contributed by atoms with Gasteiger partial charge < -0.3 is 15.0 Å². The summed E-state index contributed by atoms with van der Waals surface area (Å²) in [6.07, 6.45) is 2.83. The second kappa shape index (κ2) is 9.68. The van der Waals surface area contributed by atoms with Gasteiger partial charge in [0.25, 0.3) is 5.69 Å². The Bertz CT molecular complexity index is 1170. The first-order valence-corrected chi connectivity index (χ1v) is 10.9. The maximum Gasteiger partial charge on any atom is 0.292 e. The molecular formula is C25H26N4O4. The fourth-order valence-corrected chi connectivity index (χ4v) is 4.01. The Morgan fingerprint density at radius 2 is 1.85 bits per heavy atom. The standard InChI is InChI=1S/C25H26N4O4/c1-17-7-5-11-23(18(17)2)33-25-20(8-6-14-26-25)27-24(30)19-12-15-28(16-13-19)21-9-3-4-10-22(21)29(31)32/h3-11,14,19H,12-13,15-16H2,1-2H3,(H,27,30). The third-order valence-electron chi connectivity index (χ3n) is 6.08. The summed E-state index contributed by atoms with van der Waals surface area (Å²) in [6.45, 7) is 5.14. The van der Waals surface area contributed by atoms with Gasteiger partial charge in [-0.2, -0.15) is 0 Å². The lowest BCUT2D eigenvalue weighted by Crippen LogP contribution is -2.38. The van der Waals surface area contributed by atoms with E-state index in [4.69, 9.17) is 4.74 Å². The number of hydrogen-bond acceptors (Lipinski definition) is 6. The molecule has 1 aliphatic rings. The van der Waals surface area contributed by atoms with Gasteiger partial charge in [0.2, 0.25) is 11.8 Å². The van der Waals surface area contributed by atoms with Crippen molar-refractivity contribution in [3.8, 4) is 11.6 Å². The third-order valence-corrected chi connectivity index (χ3v) is 6.08. The van der Waals surface area contributed by atoms with Crippen LogP contribution >= 0.6 is 0 Å². The maximum atomic E-state index is 13.0. The number of pyridine rings is 1. The topological polar surface area (TPSA) is 97.6 Å². The average Bonchev–Trinajstić information content (AvgIpc) is 2.83. The summed E-state index contributed by atoms with van der Waals surface area (Å²) in [5.74, 6) is 0.743. The average molecular weight is 447 g/mol. The summed E-state index contributed by atoms with van der Waals surface area (Å²) in [4.78, 5) is 30.2. The molecule has 8 heteroatoms. The van der Waals surface area contributed by atoms with Gasteiger partial charge in [-0.1, -0.05) is 24.3 Å². The molecule has 0 spiro atoms. The summed E-state index contributed by atoms with van der Waals surface area (Å²) in [6, 6.07) is 16.1. The SMILES string of the molecule is Cc1cccc(Oc2ncccc2NC(=O)C2CCN(c3ccccc3[N+](=O)[O-])CC2)c1C. The summed E-state index contributed by atoms with van der Waals surface area (Å²) < 4.78 is 6.02. The van der Waals surface area contributed by atoms with Crippen molar-refractivity contribution >= 4 is 23.0 Å². The van der Waals surface area contributed by atoms with Crippen LogP contribution in [0.1, 0.15) is 24.0 Å². The zero-order chi connectivity index (χ0) is 23.4. The summed E-state index contributed by atoms with van der Waals surface area (Å²) >= 11 is 0. The second-order valence-electron chi connectivity index (χ2n) is 8.15. The fourth-order valence-electron chi connectivity index (χ4n) is 4.01. The number of nitrogens with one attached hydrogen (secondary N) is 1. The van der Waals surface area contributed by atoms with E-state index in [1.165, 1.54) is 6.07 Å². The highest BCUT2D eigenvalue weighted by Crippen LogP contribution is 2.33. The first-order chi connectivity index (χ1) is 15.9. The van der Waals surface area contributed by atoms with Crippen molar-refractivity contribution in [1.29, 1.82) is 0 Å². The molecule has 0 atom stereocenters. The van der Waals surface area contributed by atoms with Crippen LogP contribution in [-0.4, -0.2) is 28.9 Å². The lowest BCUT2D eigenvalue weighted by atomic mass is 9.95. The fraction of sp³-hybridized carbons (Fsp3) is 0.280. The molecule has 0 radical (unpaired) electrons. The molecule has 2 heterocycles. The van der Waals surface area contributed by atoms with Crippen molar-refractivity contribution in [3.05, 3.63) is 82.0 Å². The molecule has 3 aromatic rings. The molecule has 0 unspecified atom stereocenters. The number of aryl methyl sites for hydroxylation is 1. The number of aromatic nitrogens is 1. The monoisotopic (exact) mass is 446 g/mol. The summed E-state index contributed by atoms with van der Waals surface area (Å²) in [5, 5.41) is 14.3. The molecule has 8 nitrogen and oxygen atoms in total. The molecule has 1 fully saturated rings. The molecule has 0 aliphatic carbocycles. The quantitative estimate of drug-likeness (QED) is 0.410. The number of para-hydroxylation sites is 2. The number of benzene rings is 2. The first-order valence-electron chi connectivity index (χ1n) is 10.9. The highest BCUT2D eigenvalue weighted by atomic mass is 16.6. The summed E-state index contributed by atoms with van der Waals surface area (Å²) in [5.41, 5.74) is 3.33. The number of carbonyl (C=O) groups is 1. The molecule has 0 bridgehead atoms. The van der Waals surface area contributed by atoms with E-state index in [2.05, 4.69) is 10.3 Å². The largest absolute Gasteiger partial charge is 0.437 e. The Morgan fingerprint density at radius 3 is 2.61 bits per heavy atom. The number of ether oxygens (including phenoxy) is 1. The minimum absolute atomic E-state index is 0.0870. The number of hydrogen-bond donors (Lipinski definition) is 1. The van der Waals surface area contributed by atoms with Crippen LogP contribution in [0.3, 0.4) is 0 Å². The highest BCUT2D eigenvalue weighted by molar-refractivity contribution is 5.93. The number of rotatable bonds is 6. The molecule has 1 N–H and O–H groups in total. The van der Waals surface area contributed by atoms with Crippen molar-refractivity contribution in [2.75, 3.05) is 23.3 Å². The van der Waals surface area contributed by atoms with Gasteiger partial charge in [-0.3, -0.25) is 14.9 Å². The predicted molar refractivity (Wildman–Crippen MR) is 127 cm³/mol. The van der Waals surface area contributed by atoms with E-state index in [-0.39, 0.29) is 22.4 Å². The number of anilines is 2. The zero-order valence-corrected chi connectivity index (χ0v) is 18.7. The van der Waals surface area contributed by atoms with Gasteiger partial charge in [0.15, 0.2) is 0 Å². The van der Waals surface area contributed by atoms with Crippen molar-refractivity contribution in [2.24, 2.45) is 5.92 Å². The molecule has 170 valence electrons. The van der Waals surface area contributed by atoms with Gasteiger partial charge in [-0.15, -0.1) is 0 Å². The van der Waals surface area contributed by atoms with Crippen LogP contribution in [-0.2, 0) is 4.79 Å². The Labute approximate surface area is 192 Å². The molecule has 1 aromatic heterocycles. The molecule has 2 aromatic carbocycles. The lowest BCUT2D eigenvalue weighted by molar-refractivity contribution is -0.384. The van der Waals surface area contributed by atoms with Crippen molar-refractivity contribution in [2.45, 2.75) is 26.7 Å². The van der Waals surface area contributed by atoms with Crippen LogP contribution < -0.4 is 15.0 Å². The molecule has 1 amide bonds. The number of piperidine rings is 1. The van der Waals surface area contributed by atoms with Gasteiger partial charge in [-0.25, -0.2) is 4.98 Å². The number of amides is 1. The smallest absolute Gasteiger partial charge is 0.292 e. The van der Waals surface area contributed by atoms with E-state index in [9.17, 15) is 14.9 Å². The van der Waals surface area contributed by atoms with E-state index < -0.39 is 0 Å². The van der Waals surface area contributed by atoms with Gasteiger partial charge >= 0.3 is 0 Å². The second-order valence-corrected chi connectivity index (χ2v) is 8.15. The molecule has 0 saturated carbocycles. The Hall–Kier alpha value is -3.94. The Balaban J connectivity index is 1.42. The van der Waals surface area contributed by atoms with Crippen LogP contribution in [0.4, 0.5) is 17.1 Å². The van der Waals surface area contributed by atoms with Crippen molar-refractivity contribution in [1.82, 2.24) is 4.98 Å². The van der Waals surface area contributed by atoms with E-state index in [1.807, 2.05) is 36.9 Å². The Morgan fingerprint density at radius 1 is 1.09 bits per heavy atom. The molecule has 1 saturated heterocycles. The van der Waals surface area contributed by atoms with Crippen LogP contribution in [0, 0.1) is 29.9 Å². The van der Waals surface area contributed by atoms with Gasteiger partial charge in [-0.05, 0) is 62.1 Å². The highest BCUT2D eigenvalue weighted by Gasteiger charge is 2.28. The normalized spacial score (nSPS) is 14.1. The van der Waals surface area contributed by atoms with Crippen LogP contribution in [0.5, 0.6) is 11.6 Å². The first kappa shape index (κ1) is 22.3. The Kier molecular flexibility index (Phi) is 6.53. The molecule has 4 rings (SSSR count). The molecular weight excluding hydrogens is 420 g/mol. The maximum absolute atomic E-state index is 13.0. The van der Waals surface area contributed by atoms with Crippen LogP contribution in [0.15, 0.2) is 60.8 Å². The van der Waals surface area contributed by atoms with Crippen LogP contribution in [0.2, 0.25) is 0 Å².